The van der Waals surface area contributed by atoms with Crippen molar-refractivity contribution < 1.29 is 4.79 Å². The van der Waals surface area contributed by atoms with Gasteiger partial charge in [0.2, 0.25) is 11.1 Å². The molecule has 0 saturated heterocycles. The van der Waals surface area contributed by atoms with Gasteiger partial charge in [0.25, 0.3) is 0 Å². The standard InChI is InChI=1S/C12H18N6OS/c1-3-17(7-9(2)6-13)11(19)8-20-12-14-15-16-18(12)10-4-5-10/h9-10H,3-5,7-8H2,1-2H3/t9-/m1/s1. The van der Waals surface area contributed by atoms with Gasteiger partial charge < -0.3 is 4.90 Å². The molecule has 0 unspecified atom stereocenters. The van der Waals surface area contributed by atoms with E-state index in [0.29, 0.717) is 30.0 Å². The number of carbonyl (C=O) groups is 1. The average Bonchev–Trinajstić information content (AvgIpc) is 3.20. The lowest BCUT2D eigenvalue weighted by Crippen LogP contribution is -2.35. The van der Waals surface area contributed by atoms with Crippen LogP contribution in [0, 0.1) is 17.2 Å². The van der Waals surface area contributed by atoms with E-state index < -0.39 is 0 Å². The molecule has 1 saturated carbocycles. The van der Waals surface area contributed by atoms with Gasteiger partial charge in [-0.1, -0.05) is 11.8 Å². The van der Waals surface area contributed by atoms with Crippen LogP contribution in [0.2, 0.25) is 0 Å². The summed E-state index contributed by atoms with van der Waals surface area (Å²) >= 11 is 1.36. The molecule has 0 bridgehead atoms. The molecule has 0 aliphatic heterocycles. The lowest BCUT2D eigenvalue weighted by Gasteiger charge is -2.21. The molecule has 1 amide bonds. The Morgan fingerprint density at radius 2 is 2.40 bits per heavy atom. The normalized spacial score (nSPS) is 15.7. The third kappa shape index (κ3) is 3.70. The van der Waals surface area contributed by atoms with Gasteiger partial charge in [-0.15, -0.1) is 5.10 Å². The van der Waals surface area contributed by atoms with Crippen LogP contribution in [-0.2, 0) is 4.79 Å². The maximum atomic E-state index is 12.1. The van der Waals surface area contributed by atoms with Crippen LogP contribution in [0.5, 0.6) is 0 Å². The van der Waals surface area contributed by atoms with Gasteiger partial charge in [0, 0.05) is 13.1 Å². The van der Waals surface area contributed by atoms with Gasteiger partial charge in [-0.25, -0.2) is 4.68 Å². The van der Waals surface area contributed by atoms with Crippen LogP contribution in [-0.4, -0.2) is 49.9 Å². The highest BCUT2D eigenvalue weighted by Crippen LogP contribution is 2.36. The number of aromatic nitrogens is 4. The van der Waals surface area contributed by atoms with Crippen molar-refractivity contribution in [1.82, 2.24) is 25.1 Å². The number of thioether (sulfide) groups is 1. The summed E-state index contributed by atoms with van der Waals surface area (Å²) in [4.78, 5) is 13.8. The Hall–Kier alpha value is -1.62. The summed E-state index contributed by atoms with van der Waals surface area (Å²) in [6, 6.07) is 2.56. The van der Waals surface area contributed by atoms with Crippen molar-refractivity contribution in [3.63, 3.8) is 0 Å². The minimum Gasteiger partial charge on any atom is -0.341 e. The van der Waals surface area contributed by atoms with E-state index in [2.05, 4.69) is 21.6 Å². The van der Waals surface area contributed by atoms with Crippen molar-refractivity contribution in [1.29, 1.82) is 5.26 Å². The van der Waals surface area contributed by atoms with E-state index in [9.17, 15) is 4.79 Å². The van der Waals surface area contributed by atoms with Crippen molar-refractivity contribution in [2.75, 3.05) is 18.8 Å². The molecule has 1 heterocycles. The molecule has 0 aromatic carbocycles. The highest BCUT2D eigenvalue weighted by Gasteiger charge is 2.28. The molecular formula is C12H18N6OS. The van der Waals surface area contributed by atoms with Crippen LogP contribution in [0.15, 0.2) is 5.16 Å². The Morgan fingerprint density at radius 1 is 1.65 bits per heavy atom. The number of hydrogen-bond donors (Lipinski definition) is 0. The molecule has 1 aliphatic rings. The largest absolute Gasteiger partial charge is 0.341 e. The van der Waals surface area contributed by atoms with E-state index in [1.807, 2.05) is 13.8 Å². The number of carbonyl (C=O) groups excluding carboxylic acids is 1. The number of hydrogen-bond acceptors (Lipinski definition) is 6. The summed E-state index contributed by atoms with van der Waals surface area (Å²) in [5, 5.41) is 21.1. The first-order valence-corrected chi connectivity index (χ1v) is 7.72. The van der Waals surface area contributed by atoms with E-state index in [0.717, 1.165) is 12.8 Å². The summed E-state index contributed by atoms with van der Waals surface area (Å²) < 4.78 is 1.80. The lowest BCUT2D eigenvalue weighted by molar-refractivity contribution is -0.128. The Labute approximate surface area is 122 Å². The van der Waals surface area contributed by atoms with Gasteiger partial charge >= 0.3 is 0 Å². The van der Waals surface area contributed by atoms with Crippen molar-refractivity contribution in [3.8, 4) is 6.07 Å². The summed E-state index contributed by atoms with van der Waals surface area (Å²) in [5.41, 5.74) is 0. The van der Waals surface area contributed by atoms with Crippen molar-refractivity contribution in [3.05, 3.63) is 0 Å². The Morgan fingerprint density at radius 3 is 3.00 bits per heavy atom. The molecule has 1 aromatic rings. The topological polar surface area (TPSA) is 87.7 Å². The van der Waals surface area contributed by atoms with Crippen LogP contribution in [0.3, 0.4) is 0 Å². The predicted octanol–water partition coefficient (Wildman–Crippen LogP) is 1.11. The average molecular weight is 294 g/mol. The van der Waals surface area contributed by atoms with Crippen molar-refractivity contribution in [2.45, 2.75) is 37.9 Å². The molecule has 8 heteroatoms. The monoisotopic (exact) mass is 294 g/mol. The fourth-order valence-corrected chi connectivity index (χ4v) is 2.67. The molecule has 1 fully saturated rings. The highest BCUT2D eigenvalue weighted by molar-refractivity contribution is 7.99. The molecule has 2 rings (SSSR count). The Balaban J connectivity index is 1.87. The molecule has 20 heavy (non-hydrogen) atoms. The quantitative estimate of drug-likeness (QED) is 0.700. The molecule has 108 valence electrons. The van der Waals surface area contributed by atoms with E-state index in [-0.39, 0.29) is 11.8 Å². The Bertz CT molecular complexity index is 506. The molecule has 0 N–H and O–H groups in total. The third-order valence-electron chi connectivity index (χ3n) is 3.13. The first kappa shape index (κ1) is 14.8. The SMILES string of the molecule is CCN(C[C@H](C)C#N)C(=O)CSc1nnnn1C1CC1. The fourth-order valence-electron chi connectivity index (χ4n) is 1.83. The van der Waals surface area contributed by atoms with E-state index >= 15 is 0 Å². The minimum atomic E-state index is -0.152. The Kier molecular flexibility index (Phi) is 4.95. The summed E-state index contributed by atoms with van der Waals surface area (Å²) in [6.07, 6.45) is 2.21. The summed E-state index contributed by atoms with van der Waals surface area (Å²) in [6.45, 7) is 4.82. The van der Waals surface area contributed by atoms with Crippen LogP contribution in [0.1, 0.15) is 32.7 Å². The number of nitriles is 1. The zero-order chi connectivity index (χ0) is 14.5. The lowest BCUT2D eigenvalue weighted by atomic mass is 10.2. The number of amides is 1. The molecule has 0 radical (unpaired) electrons. The molecule has 0 spiro atoms. The van der Waals surface area contributed by atoms with E-state index in [4.69, 9.17) is 5.26 Å². The second kappa shape index (κ2) is 6.70. The second-order valence-corrected chi connectivity index (χ2v) is 5.83. The van der Waals surface area contributed by atoms with Crippen molar-refractivity contribution >= 4 is 17.7 Å². The summed E-state index contributed by atoms with van der Waals surface area (Å²) in [7, 11) is 0. The van der Waals surface area contributed by atoms with Crippen LogP contribution in [0.4, 0.5) is 0 Å². The van der Waals surface area contributed by atoms with Gasteiger partial charge in [0.15, 0.2) is 0 Å². The van der Waals surface area contributed by atoms with Crippen LogP contribution >= 0.6 is 11.8 Å². The molecular weight excluding hydrogens is 276 g/mol. The van der Waals surface area contributed by atoms with Crippen LogP contribution in [0.25, 0.3) is 0 Å². The minimum absolute atomic E-state index is 0.0185. The second-order valence-electron chi connectivity index (χ2n) is 4.89. The third-order valence-corrected chi connectivity index (χ3v) is 4.05. The van der Waals surface area contributed by atoms with Crippen molar-refractivity contribution in [2.24, 2.45) is 5.92 Å². The maximum Gasteiger partial charge on any atom is 0.233 e. The summed E-state index contributed by atoms with van der Waals surface area (Å²) in [5.74, 6) is 0.171. The van der Waals surface area contributed by atoms with Gasteiger partial charge in [0.1, 0.15) is 0 Å². The molecule has 1 aromatic heterocycles. The first-order chi connectivity index (χ1) is 9.65. The number of nitrogens with zero attached hydrogens (tertiary/aromatic N) is 6. The zero-order valence-electron chi connectivity index (χ0n) is 11.7. The highest BCUT2D eigenvalue weighted by atomic mass is 32.2. The van der Waals surface area contributed by atoms with Gasteiger partial charge in [0.05, 0.1) is 23.8 Å². The maximum absolute atomic E-state index is 12.1. The van der Waals surface area contributed by atoms with Gasteiger partial charge in [-0.3, -0.25) is 4.79 Å². The smallest absolute Gasteiger partial charge is 0.233 e. The molecule has 1 aliphatic carbocycles. The van der Waals surface area contributed by atoms with Gasteiger partial charge in [-0.2, -0.15) is 5.26 Å². The fraction of sp³-hybridized carbons (Fsp3) is 0.750. The number of rotatable bonds is 7. The molecule has 7 nitrogen and oxygen atoms in total. The van der Waals surface area contributed by atoms with E-state index in [1.54, 1.807) is 9.58 Å². The predicted molar refractivity (Wildman–Crippen MR) is 73.8 cm³/mol. The molecule has 1 atom stereocenters. The van der Waals surface area contributed by atoms with E-state index in [1.165, 1.54) is 11.8 Å². The van der Waals surface area contributed by atoms with Gasteiger partial charge in [-0.05, 0) is 37.1 Å². The zero-order valence-corrected chi connectivity index (χ0v) is 12.5. The first-order valence-electron chi connectivity index (χ1n) is 6.73. The van der Waals surface area contributed by atoms with Crippen LogP contribution < -0.4 is 0 Å². The number of tetrazole rings is 1.